The SMILES string of the molecule is CC(=NNC(=O)c1ccc(N)cc1)c1ccc(C2CCCCC2)cc1. The maximum Gasteiger partial charge on any atom is 0.271 e. The first kappa shape index (κ1) is 17.2. The second-order valence-electron chi connectivity index (χ2n) is 6.72. The van der Waals surface area contributed by atoms with E-state index < -0.39 is 0 Å². The summed E-state index contributed by atoms with van der Waals surface area (Å²) in [5.41, 5.74) is 12.6. The van der Waals surface area contributed by atoms with Crippen molar-refractivity contribution in [3.05, 3.63) is 65.2 Å². The Morgan fingerprint density at radius 3 is 2.20 bits per heavy atom. The van der Waals surface area contributed by atoms with Crippen LogP contribution in [0.15, 0.2) is 53.6 Å². The number of benzene rings is 2. The van der Waals surface area contributed by atoms with Gasteiger partial charge >= 0.3 is 0 Å². The first-order valence-corrected chi connectivity index (χ1v) is 8.94. The monoisotopic (exact) mass is 335 g/mol. The summed E-state index contributed by atoms with van der Waals surface area (Å²) in [6.45, 7) is 1.90. The lowest BCUT2D eigenvalue weighted by Gasteiger charge is -2.22. The number of carbonyl (C=O) groups excluding carboxylic acids is 1. The zero-order chi connectivity index (χ0) is 17.6. The number of anilines is 1. The summed E-state index contributed by atoms with van der Waals surface area (Å²) in [5.74, 6) is 0.462. The summed E-state index contributed by atoms with van der Waals surface area (Å²) in [6.07, 6.45) is 6.64. The van der Waals surface area contributed by atoms with Gasteiger partial charge in [0.2, 0.25) is 0 Å². The van der Waals surface area contributed by atoms with Crippen molar-refractivity contribution in [2.45, 2.75) is 44.9 Å². The van der Waals surface area contributed by atoms with Gasteiger partial charge in [0, 0.05) is 11.3 Å². The number of hydrazone groups is 1. The van der Waals surface area contributed by atoms with Crippen molar-refractivity contribution in [3.8, 4) is 0 Å². The van der Waals surface area contributed by atoms with Gasteiger partial charge in [0.05, 0.1) is 5.71 Å². The number of amides is 1. The highest BCUT2D eigenvalue weighted by molar-refractivity contribution is 6.00. The highest BCUT2D eigenvalue weighted by Crippen LogP contribution is 2.32. The minimum Gasteiger partial charge on any atom is -0.399 e. The molecule has 0 unspecified atom stereocenters. The van der Waals surface area contributed by atoms with Crippen LogP contribution in [0.3, 0.4) is 0 Å². The Hall–Kier alpha value is -2.62. The van der Waals surface area contributed by atoms with Crippen LogP contribution in [-0.4, -0.2) is 11.6 Å². The fraction of sp³-hybridized carbons (Fsp3) is 0.333. The number of carbonyl (C=O) groups is 1. The highest BCUT2D eigenvalue weighted by Gasteiger charge is 2.15. The van der Waals surface area contributed by atoms with Gasteiger partial charge in [0.1, 0.15) is 0 Å². The fourth-order valence-corrected chi connectivity index (χ4v) is 3.33. The number of hydrogen-bond acceptors (Lipinski definition) is 3. The standard InChI is InChI=1S/C21H25N3O/c1-15(23-24-21(25)19-11-13-20(22)14-12-19)16-7-9-18(10-8-16)17-5-3-2-4-6-17/h7-14,17H,2-6,22H2,1H3,(H,24,25). The van der Waals surface area contributed by atoms with E-state index in [9.17, 15) is 4.79 Å². The summed E-state index contributed by atoms with van der Waals surface area (Å²) < 4.78 is 0. The molecule has 4 nitrogen and oxygen atoms in total. The molecule has 130 valence electrons. The molecule has 2 aromatic carbocycles. The van der Waals surface area contributed by atoms with Crippen molar-refractivity contribution in [2.75, 3.05) is 5.73 Å². The van der Waals surface area contributed by atoms with Gasteiger partial charge in [0.15, 0.2) is 0 Å². The average Bonchev–Trinajstić information content (AvgIpc) is 2.67. The molecular weight excluding hydrogens is 310 g/mol. The normalized spacial score (nSPS) is 15.8. The first-order chi connectivity index (χ1) is 12.1. The second-order valence-corrected chi connectivity index (χ2v) is 6.72. The van der Waals surface area contributed by atoms with Crippen LogP contribution in [0, 0.1) is 0 Å². The Morgan fingerprint density at radius 2 is 1.56 bits per heavy atom. The average molecular weight is 335 g/mol. The second kappa shape index (κ2) is 7.97. The molecule has 0 spiro atoms. The summed E-state index contributed by atoms with van der Waals surface area (Å²) >= 11 is 0. The van der Waals surface area contributed by atoms with E-state index in [1.165, 1.54) is 37.7 Å². The largest absolute Gasteiger partial charge is 0.399 e. The molecule has 0 saturated heterocycles. The lowest BCUT2D eigenvalue weighted by atomic mass is 9.84. The van der Waals surface area contributed by atoms with Crippen LogP contribution in [0.4, 0.5) is 5.69 Å². The van der Waals surface area contributed by atoms with Crippen LogP contribution in [0.1, 0.15) is 66.4 Å². The molecule has 0 atom stereocenters. The smallest absolute Gasteiger partial charge is 0.271 e. The number of hydrogen-bond donors (Lipinski definition) is 2. The van der Waals surface area contributed by atoms with E-state index in [0.717, 1.165) is 11.3 Å². The summed E-state index contributed by atoms with van der Waals surface area (Å²) in [6, 6.07) is 15.4. The van der Waals surface area contributed by atoms with Crippen LogP contribution in [0.25, 0.3) is 0 Å². The topological polar surface area (TPSA) is 67.5 Å². The zero-order valence-corrected chi connectivity index (χ0v) is 14.7. The molecule has 4 heteroatoms. The Morgan fingerprint density at radius 1 is 0.960 bits per heavy atom. The van der Waals surface area contributed by atoms with Gasteiger partial charge in [0.25, 0.3) is 5.91 Å². The molecule has 3 rings (SSSR count). The maximum absolute atomic E-state index is 12.1. The lowest BCUT2D eigenvalue weighted by Crippen LogP contribution is -2.19. The molecule has 0 aliphatic heterocycles. The third kappa shape index (κ3) is 4.47. The predicted octanol–water partition coefficient (Wildman–Crippen LogP) is 4.47. The van der Waals surface area contributed by atoms with E-state index in [2.05, 4.69) is 34.8 Å². The minimum absolute atomic E-state index is 0.238. The van der Waals surface area contributed by atoms with Crippen LogP contribution in [0.2, 0.25) is 0 Å². The zero-order valence-electron chi connectivity index (χ0n) is 14.7. The van der Waals surface area contributed by atoms with Gasteiger partial charge in [-0.1, -0.05) is 43.5 Å². The van der Waals surface area contributed by atoms with Crippen molar-refractivity contribution >= 4 is 17.3 Å². The van der Waals surface area contributed by atoms with E-state index in [-0.39, 0.29) is 5.91 Å². The maximum atomic E-state index is 12.1. The first-order valence-electron chi connectivity index (χ1n) is 8.94. The number of nitrogens with zero attached hydrogens (tertiary/aromatic N) is 1. The summed E-state index contributed by atoms with van der Waals surface area (Å²) in [7, 11) is 0. The van der Waals surface area contributed by atoms with Crippen LogP contribution >= 0.6 is 0 Å². The van der Waals surface area contributed by atoms with Gasteiger partial charge in [-0.2, -0.15) is 5.10 Å². The summed E-state index contributed by atoms with van der Waals surface area (Å²) in [4.78, 5) is 12.1. The molecule has 0 heterocycles. The van der Waals surface area contributed by atoms with E-state index in [1.54, 1.807) is 24.3 Å². The van der Waals surface area contributed by atoms with E-state index in [1.807, 2.05) is 6.92 Å². The Bertz CT molecular complexity index is 742. The molecule has 0 radical (unpaired) electrons. The third-order valence-corrected chi connectivity index (χ3v) is 4.90. The van der Waals surface area contributed by atoms with Gasteiger partial charge in [-0.25, -0.2) is 5.43 Å². The molecule has 1 aliphatic carbocycles. The predicted molar refractivity (Wildman–Crippen MR) is 103 cm³/mol. The molecule has 3 N–H and O–H groups in total. The van der Waals surface area contributed by atoms with E-state index in [4.69, 9.17) is 5.73 Å². The molecule has 1 aliphatic rings. The van der Waals surface area contributed by atoms with Gasteiger partial charge in [-0.3, -0.25) is 4.79 Å². The summed E-state index contributed by atoms with van der Waals surface area (Å²) in [5, 5.41) is 4.22. The van der Waals surface area contributed by atoms with Crippen LogP contribution in [0.5, 0.6) is 0 Å². The van der Waals surface area contributed by atoms with Gasteiger partial charge in [-0.05, 0) is 61.1 Å². The molecule has 1 saturated carbocycles. The van der Waals surface area contributed by atoms with Crippen molar-refractivity contribution in [2.24, 2.45) is 5.10 Å². The molecular formula is C21H25N3O. The van der Waals surface area contributed by atoms with Crippen LogP contribution in [-0.2, 0) is 0 Å². The fourth-order valence-electron chi connectivity index (χ4n) is 3.33. The minimum atomic E-state index is -0.238. The van der Waals surface area contributed by atoms with Crippen molar-refractivity contribution < 1.29 is 4.79 Å². The number of nitrogens with one attached hydrogen (secondary N) is 1. The Kier molecular flexibility index (Phi) is 5.49. The lowest BCUT2D eigenvalue weighted by molar-refractivity contribution is 0.0955. The highest BCUT2D eigenvalue weighted by atomic mass is 16.2. The van der Waals surface area contributed by atoms with Crippen molar-refractivity contribution in [3.63, 3.8) is 0 Å². The molecule has 0 aromatic heterocycles. The van der Waals surface area contributed by atoms with Crippen LogP contribution < -0.4 is 11.2 Å². The Balaban J connectivity index is 1.63. The van der Waals surface area contributed by atoms with Gasteiger partial charge in [-0.15, -0.1) is 0 Å². The molecule has 25 heavy (non-hydrogen) atoms. The van der Waals surface area contributed by atoms with Gasteiger partial charge < -0.3 is 5.73 Å². The van der Waals surface area contributed by atoms with Crippen molar-refractivity contribution in [1.29, 1.82) is 0 Å². The molecule has 0 bridgehead atoms. The molecule has 1 fully saturated rings. The number of nitrogens with two attached hydrogens (primary N) is 1. The third-order valence-electron chi connectivity index (χ3n) is 4.90. The molecule has 2 aromatic rings. The quantitative estimate of drug-likeness (QED) is 0.492. The Labute approximate surface area is 149 Å². The number of rotatable bonds is 4. The molecule has 1 amide bonds. The number of nitrogen functional groups attached to an aromatic ring is 1. The van der Waals surface area contributed by atoms with E-state index >= 15 is 0 Å². The van der Waals surface area contributed by atoms with E-state index in [0.29, 0.717) is 17.2 Å². The van der Waals surface area contributed by atoms with Crippen molar-refractivity contribution in [1.82, 2.24) is 5.43 Å².